The summed E-state index contributed by atoms with van der Waals surface area (Å²) in [5, 5.41) is 0.677. The predicted octanol–water partition coefficient (Wildman–Crippen LogP) is 3.09. The molecule has 1 aliphatic heterocycles. The zero-order chi connectivity index (χ0) is 23.3. The van der Waals surface area contributed by atoms with Gasteiger partial charge in [0, 0.05) is 48.7 Å². The van der Waals surface area contributed by atoms with Crippen molar-refractivity contribution in [2.75, 3.05) is 33.2 Å². The van der Waals surface area contributed by atoms with Crippen LogP contribution in [0.25, 0.3) is 22.0 Å². The number of carbonyl (C=O) groups excluding carboxylic acids is 2. The first-order chi connectivity index (χ1) is 15.8. The highest BCUT2D eigenvalue weighted by molar-refractivity contribution is 6.10. The molecule has 33 heavy (non-hydrogen) atoms. The van der Waals surface area contributed by atoms with Gasteiger partial charge in [0.15, 0.2) is 11.6 Å². The van der Waals surface area contributed by atoms with Gasteiger partial charge in [0.05, 0.1) is 11.1 Å². The first kappa shape index (κ1) is 21.6. The molecule has 3 aromatic rings. The second-order valence-corrected chi connectivity index (χ2v) is 9.03. The monoisotopic (exact) mass is 452 g/mol. The van der Waals surface area contributed by atoms with Crippen molar-refractivity contribution in [1.29, 1.82) is 0 Å². The van der Waals surface area contributed by atoms with E-state index in [1.54, 1.807) is 12.1 Å². The molecule has 2 aliphatic rings. The zero-order valence-corrected chi connectivity index (χ0v) is 18.5. The van der Waals surface area contributed by atoms with Crippen molar-refractivity contribution in [3.05, 3.63) is 58.8 Å². The van der Waals surface area contributed by atoms with E-state index in [1.165, 1.54) is 12.1 Å². The first-order valence-corrected chi connectivity index (χ1v) is 11.2. The lowest BCUT2D eigenvalue weighted by atomic mass is 9.84. The van der Waals surface area contributed by atoms with Crippen LogP contribution in [0, 0.1) is 17.6 Å². The summed E-state index contributed by atoms with van der Waals surface area (Å²) in [6, 6.07) is 7.23. The summed E-state index contributed by atoms with van der Waals surface area (Å²) < 4.78 is 28.7. The van der Waals surface area contributed by atoms with E-state index in [4.69, 9.17) is 5.73 Å². The van der Waals surface area contributed by atoms with Gasteiger partial charge in [-0.3, -0.25) is 9.59 Å². The van der Waals surface area contributed by atoms with Crippen molar-refractivity contribution in [2.45, 2.75) is 19.3 Å². The van der Waals surface area contributed by atoms with Crippen molar-refractivity contribution in [1.82, 2.24) is 14.8 Å². The number of hydrogen-bond acceptors (Lipinski definition) is 3. The second-order valence-electron chi connectivity index (χ2n) is 9.03. The second kappa shape index (κ2) is 8.26. The smallest absolute Gasteiger partial charge is 0.250 e. The summed E-state index contributed by atoms with van der Waals surface area (Å²) in [4.78, 5) is 32.7. The minimum Gasteiger partial charge on any atom is -0.366 e. The third-order valence-electron chi connectivity index (χ3n) is 7.01. The van der Waals surface area contributed by atoms with E-state index in [-0.39, 0.29) is 17.4 Å². The fraction of sp³-hybridized carbons (Fsp3) is 0.360. The van der Waals surface area contributed by atoms with Crippen LogP contribution in [0.1, 0.15) is 28.0 Å². The predicted molar refractivity (Wildman–Crippen MR) is 122 cm³/mol. The molecule has 0 radical (unpaired) electrons. The summed E-state index contributed by atoms with van der Waals surface area (Å²) in [6.45, 7) is 3.17. The number of hydrogen-bond donors (Lipinski definition) is 2. The number of nitrogens with two attached hydrogens (primary N) is 1. The van der Waals surface area contributed by atoms with E-state index in [2.05, 4.69) is 16.9 Å². The van der Waals surface area contributed by atoms with Crippen LogP contribution in [-0.2, 0) is 17.6 Å². The van der Waals surface area contributed by atoms with Gasteiger partial charge in [-0.1, -0.05) is 18.2 Å². The fourth-order valence-corrected chi connectivity index (χ4v) is 5.18. The summed E-state index contributed by atoms with van der Waals surface area (Å²) >= 11 is 0. The quantitative estimate of drug-likeness (QED) is 0.641. The molecular weight excluding hydrogens is 426 g/mol. The minimum absolute atomic E-state index is 0.133. The Labute approximate surface area is 190 Å². The Bertz CT molecular complexity index is 1260. The van der Waals surface area contributed by atoms with Crippen molar-refractivity contribution < 1.29 is 18.4 Å². The maximum absolute atomic E-state index is 14.7. The molecule has 6 nitrogen and oxygen atoms in total. The number of fused-ring (bicyclic) bond motifs is 3. The summed E-state index contributed by atoms with van der Waals surface area (Å²) in [6.07, 6.45) is 1.78. The molecular formula is C25H26F2N4O2. The average molecular weight is 453 g/mol. The number of carbonyl (C=O) groups is 2. The van der Waals surface area contributed by atoms with E-state index >= 15 is 0 Å². The van der Waals surface area contributed by atoms with E-state index in [1.807, 2.05) is 4.90 Å². The lowest BCUT2D eigenvalue weighted by molar-refractivity contribution is -0.137. The third kappa shape index (κ3) is 3.68. The van der Waals surface area contributed by atoms with Gasteiger partial charge in [0.25, 0.3) is 5.91 Å². The maximum atomic E-state index is 14.7. The van der Waals surface area contributed by atoms with E-state index in [0.29, 0.717) is 41.3 Å². The molecule has 0 spiro atoms. The van der Waals surface area contributed by atoms with Crippen molar-refractivity contribution in [3.63, 3.8) is 0 Å². The number of amides is 2. The van der Waals surface area contributed by atoms with Crippen LogP contribution < -0.4 is 5.73 Å². The number of aryl methyl sites for hydroxylation is 1. The molecule has 1 saturated heterocycles. The van der Waals surface area contributed by atoms with Crippen LogP contribution in [0.2, 0.25) is 0 Å². The number of aromatic amines is 1. The highest BCUT2D eigenvalue weighted by Gasteiger charge is 2.33. The van der Waals surface area contributed by atoms with E-state index < -0.39 is 17.5 Å². The number of nitrogens with one attached hydrogen (secondary N) is 1. The van der Waals surface area contributed by atoms with Gasteiger partial charge in [-0.05, 0) is 49.6 Å². The van der Waals surface area contributed by atoms with Crippen molar-refractivity contribution in [2.24, 2.45) is 11.7 Å². The molecule has 1 atom stereocenters. The van der Waals surface area contributed by atoms with Gasteiger partial charge in [0.1, 0.15) is 0 Å². The Morgan fingerprint density at radius 2 is 1.82 bits per heavy atom. The van der Waals surface area contributed by atoms with Gasteiger partial charge in [-0.2, -0.15) is 0 Å². The van der Waals surface area contributed by atoms with Gasteiger partial charge >= 0.3 is 0 Å². The highest BCUT2D eigenvalue weighted by atomic mass is 19.2. The maximum Gasteiger partial charge on any atom is 0.250 e. The molecule has 1 unspecified atom stereocenters. The molecule has 1 fully saturated rings. The van der Waals surface area contributed by atoms with Crippen LogP contribution in [0.15, 0.2) is 30.3 Å². The SMILES string of the molecule is CN1CCN(C(=O)C2CCc3c([nH]c4c(C(N)=O)ccc(-c5cccc(F)c5F)c34)C2)CC1. The lowest BCUT2D eigenvalue weighted by Gasteiger charge is -2.35. The van der Waals surface area contributed by atoms with Crippen LogP contribution in [0.3, 0.4) is 0 Å². The van der Waals surface area contributed by atoms with Crippen LogP contribution >= 0.6 is 0 Å². The fourth-order valence-electron chi connectivity index (χ4n) is 5.18. The molecule has 0 saturated carbocycles. The van der Waals surface area contributed by atoms with Gasteiger partial charge in [0.2, 0.25) is 5.91 Å². The summed E-state index contributed by atoms with van der Waals surface area (Å²) in [5.41, 5.74) is 8.85. The number of rotatable bonds is 3. The van der Waals surface area contributed by atoms with Crippen molar-refractivity contribution in [3.8, 4) is 11.1 Å². The summed E-state index contributed by atoms with van der Waals surface area (Å²) in [7, 11) is 2.05. The summed E-state index contributed by atoms with van der Waals surface area (Å²) in [5.74, 6) is -2.46. The molecule has 1 aliphatic carbocycles. The normalized spacial score (nSPS) is 19.0. The molecule has 1 aromatic heterocycles. The number of aromatic nitrogens is 1. The van der Waals surface area contributed by atoms with E-state index in [9.17, 15) is 18.4 Å². The third-order valence-corrected chi connectivity index (χ3v) is 7.01. The molecule has 0 bridgehead atoms. The van der Waals surface area contributed by atoms with Gasteiger partial charge < -0.3 is 20.5 Å². The molecule has 3 N–H and O–H groups in total. The van der Waals surface area contributed by atoms with Gasteiger partial charge in [-0.25, -0.2) is 8.78 Å². The van der Waals surface area contributed by atoms with Gasteiger partial charge in [-0.15, -0.1) is 0 Å². The highest BCUT2D eigenvalue weighted by Crippen LogP contribution is 2.40. The Morgan fingerprint density at radius 3 is 2.55 bits per heavy atom. The zero-order valence-electron chi connectivity index (χ0n) is 18.5. The molecule has 2 heterocycles. The topological polar surface area (TPSA) is 82.4 Å². The number of H-pyrrole nitrogens is 1. The number of benzene rings is 2. The van der Waals surface area contributed by atoms with Crippen LogP contribution in [-0.4, -0.2) is 59.8 Å². The lowest BCUT2D eigenvalue weighted by Crippen LogP contribution is -2.49. The standard InChI is InChI=1S/C25H26F2N4O2/c1-30-9-11-31(12-10-30)25(33)14-5-6-17-20(13-14)29-23-18(24(28)32)8-7-15(21(17)23)16-3-2-4-19(26)22(16)27/h2-4,7-8,14,29H,5-6,9-13H2,1H3,(H2,28,32). The first-order valence-electron chi connectivity index (χ1n) is 11.2. The van der Waals surface area contributed by atoms with Crippen LogP contribution in [0.5, 0.6) is 0 Å². The minimum atomic E-state index is -0.931. The Morgan fingerprint density at radius 1 is 1.06 bits per heavy atom. The number of nitrogens with zero attached hydrogens (tertiary/aromatic N) is 2. The van der Waals surface area contributed by atoms with E-state index in [0.717, 1.165) is 43.5 Å². The molecule has 5 rings (SSSR count). The number of likely N-dealkylation sites (N-methyl/N-ethyl adjacent to an activating group) is 1. The van der Waals surface area contributed by atoms with Crippen molar-refractivity contribution >= 4 is 22.7 Å². The van der Waals surface area contributed by atoms with Crippen LogP contribution in [0.4, 0.5) is 8.78 Å². The Kier molecular flexibility index (Phi) is 5.40. The molecule has 2 amide bonds. The molecule has 172 valence electrons. The number of primary amides is 1. The largest absolute Gasteiger partial charge is 0.366 e. The average Bonchev–Trinajstić information content (AvgIpc) is 3.19. The molecule has 8 heteroatoms. The molecule has 2 aromatic carbocycles. The number of piperazine rings is 1. The Balaban J connectivity index is 1.57. The Hall–Kier alpha value is -3.26. The number of halogens is 2.